The molecule has 18 heavy (non-hydrogen) atoms. The Morgan fingerprint density at radius 3 is 2.17 bits per heavy atom. The first kappa shape index (κ1) is 17.9. The molecule has 0 aromatic rings. The van der Waals surface area contributed by atoms with Crippen molar-refractivity contribution >= 4 is 0 Å². The molecule has 110 valence electrons. The summed E-state index contributed by atoms with van der Waals surface area (Å²) in [6, 6.07) is 0. The lowest BCUT2D eigenvalue weighted by atomic mass is 9.85. The van der Waals surface area contributed by atoms with Gasteiger partial charge >= 0.3 is 0 Å². The summed E-state index contributed by atoms with van der Waals surface area (Å²) in [7, 11) is 2.10. The molecule has 0 bridgehead atoms. The zero-order chi connectivity index (χ0) is 14.4. The highest BCUT2D eigenvalue weighted by molar-refractivity contribution is 4.85. The van der Waals surface area contributed by atoms with Crippen LogP contribution >= 0.6 is 0 Å². The Morgan fingerprint density at radius 1 is 1.22 bits per heavy atom. The Morgan fingerprint density at radius 2 is 1.78 bits per heavy atom. The molecule has 2 N–H and O–H groups in total. The quantitative estimate of drug-likeness (QED) is 0.666. The number of hydrogen-bond acceptors (Lipinski definition) is 3. The van der Waals surface area contributed by atoms with Crippen LogP contribution in [0.1, 0.15) is 48.0 Å². The second-order valence-corrected chi connectivity index (χ2v) is 7.02. The molecular weight excluding hydrogens is 224 g/mol. The molecule has 0 aliphatic rings. The van der Waals surface area contributed by atoms with Crippen LogP contribution in [0.2, 0.25) is 0 Å². The normalized spacial score (nSPS) is 16.3. The van der Waals surface area contributed by atoms with Gasteiger partial charge in [0.25, 0.3) is 0 Å². The zero-order valence-electron chi connectivity index (χ0n) is 13.5. The van der Waals surface area contributed by atoms with Crippen molar-refractivity contribution in [1.82, 2.24) is 10.2 Å². The maximum absolute atomic E-state index is 9.43. The van der Waals surface area contributed by atoms with E-state index in [-0.39, 0.29) is 17.6 Å². The average molecular weight is 258 g/mol. The van der Waals surface area contributed by atoms with Gasteiger partial charge in [0.2, 0.25) is 0 Å². The number of nitrogens with one attached hydrogen (secondary N) is 1. The Balaban J connectivity index is 4.38. The van der Waals surface area contributed by atoms with Gasteiger partial charge in [0, 0.05) is 18.6 Å². The minimum Gasteiger partial charge on any atom is -0.394 e. The van der Waals surface area contributed by atoms with Crippen molar-refractivity contribution in [2.45, 2.75) is 53.5 Å². The molecule has 0 saturated carbocycles. The fraction of sp³-hybridized carbons (Fsp3) is 1.00. The molecule has 0 aromatic heterocycles. The highest BCUT2D eigenvalue weighted by Crippen LogP contribution is 2.24. The molecule has 3 heteroatoms. The maximum atomic E-state index is 9.43. The van der Waals surface area contributed by atoms with Gasteiger partial charge in [-0.05, 0) is 45.2 Å². The summed E-state index contributed by atoms with van der Waals surface area (Å²) in [5, 5.41) is 13.0. The lowest BCUT2D eigenvalue weighted by molar-refractivity contribution is 0.0437. The number of nitrogens with zero attached hydrogens (tertiary/aromatic N) is 1. The van der Waals surface area contributed by atoms with Crippen LogP contribution in [0.5, 0.6) is 0 Å². The summed E-state index contributed by atoms with van der Waals surface area (Å²) in [4.78, 5) is 2.27. The van der Waals surface area contributed by atoms with Crippen molar-refractivity contribution < 1.29 is 5.11 Å². The van der Waals surface area contributed by atoms with Gasteiger partial charge in [0.15, 0.2) is 0 Å². The molecular formula is C15H34N2O. The van der Waals surface area contributed by atoms with E-state index in [0.717, 1.165) is 26.1 Å². The molecule has 0 aliphatic carbocycles. The largest absolute Gasteiger partial charge is 0.394 e. The Hall–Kier alpha value is -0.120. The van der Waals surface area contributed by atoms with E-state index in [1.165, 1.54) is 0 Å². The maximum Gasteiger partial charge on any atom is 0.0609 e. The van der Waals surface area contributed by atoms with Crippen LogP contribution in [0.3, 0.4) is 0 Å². The topological polar surface area (TPSA) is 35.5 Å². The van der Waals surface area contributed by atoms with Crippen LogP contribution in [0.25, 0.3) is 0 Å². The Bertz CT molecular complexity index is 229. The minimum absolute atomic E-state index is 0.144. The van der Waals surface area contributed by atoms with Crippen LogP contribution in [-0.4, -0.2) is 48.8 Å². The number of likely N-dealkylation sites (N-methyl/N-ethyl adjacent to an activating group) is 1. The molecule has 0 rings (SSSR count). The zero-order valence-corrected chi connectivity index (χ0v) is 13.5. The third kappa shape index (κ3) is 6.17. The van der Waals surface area contributed by atoms with Crippen molar-refractivity contribution in [2.24, 2.45) is 11.3 Å². The first-order chi connectivity index (χ1) is 8.17. The number of aliphatic hydroxyl groups is 1. The van der Waals surface area contributed by atoms with Crippen molar-refractivity contribution in [3.8, 4) is 0 Å². The molecule has 0 heterocycles. The van der Waals surface area contributed by atoms with Crippen LogP contribution in [-0.2, 0) is 0 Å². The standard InChI is InChI=1S/C15H34N2O/c1-8-15(6,10-16-9-13(2)3)11-17(7)14(4,5)12-18/h13,16,18H,8-12H2,1-7H3. The molecule has 0 aromatic carbocycles. The van der Waals surface area contributed by atoms with Gasteiger partial charge in [-0.3, -0.25) is 4.90 Å². The number of aliphatic hydroxyl groups excluding tert-OH is 1. The van der Waals surface area contributed by atoms with Crippen molar-refractivity contribution in [2.75, 3.05) is 33.3 Å². The van der Waals surface area contributed by atoms with Crippen LogP contribution in [0.15, 0.2) is 0 Å². The first-order valence-corrected chi connectivity index (χ1v) is 7.19. The van der Waals surface area contributed by atoms with Crippen molar-refractivity contribution in [3.63, 3.8) is 0 Å². The second kappa shape index (κ2) is 7.46. The van der Waals surface area contributed by atoms with Gasteiger partial charge in [-0.15, -0.1) is 0 Å². The highest BCUT2D eigenvalue weighted by Gasteiger charge is 2.30. The van der Waals surface area contributed by atoms with Crippen molar-refractivity contribution in [3.05, 3.63) is 0 Å². The van der Waals surface area contributed by atoms with Crippen LogP contribution in [0, 0.1) is 11.3 Å². The van der Waals surface area contributed by atoms with Gasteiger partial charge in [-0.25, -0.2) is 0 Å². The Labute approximate surface area is 114 Å². The van der Waals surface area contributed by atoms with E-state index >= 15 is 0 Å². The van der Waals surface area contributed by atoms with Gasteiger partial charge in [-0.2, -0.15) is 0 Å². The van der Waals surface area contributed by atoms with E-state index in [2.05, 4.69) is 58.8 Å². The number of hydrogen-bond donors (Lipinski definition) is 2. The fourth-order valence-electron chi connectivity index (χ4n) is 1.86. The summed E-state index contributed by atoms with van der Waals surface area (Å²) in [5.41, 5.74) is 0.116. The summed E-state index contributed by atoms with van der Waals surface area (Å²) >= 11 is 0. The summed E-state index contributed by atoms with van der Waals surface area (Å²) < 4.78 is 0. The van der Waals surface area contributed by atoms with Gasteiger partial charge in [0.1, 0.15) is 0 Å². The van der Waals surface area contributed by atoms with Gasteiger partial charge in [-0.1, -0.05) is 27.7 Å². The fourth-order valence-corrected chi connectivity index (χ4v) is 1.86. The van der Waals surface area contributed by atoms with E-state index in [4.69, 9.17) is 0 Å². The lowest BCUT2D eigenvalue weighted by Crippen LogP contribution is -2.50. The van der Waals surface area contributed by atoms with Crippen LogP contribution in [0.4, 0.5) is 0 Å². The summed E-state index contributed by atoms with van der Waals surface area (Å²) in [6.07, 6.45) is 1.14. The molecule has 0 radical (unpaired) electrons. The predicted octanol–water partition coefficient (Wildman–Crippen LogP) is 2.35. The Kier molecular flexibility index (Phi) is 7.41. The molecule has 0 spiro atoms. The SMILES string of the molecule is CCC(C)(CNCC(C)C)CN(C)C(C)(C)CO. The molecule has 3 nitrogen and oxygen atoms in total. The molecule has 0 fully saturated rings. The van der Waals surface area contributed by atoms with Crippen LogP contribution < -0.4 is 5.32 Å². The van der Waals surface area contributed by atoms with E-state index in [9.17, 15) is 5.11 Å². The highest BCUT2D eigenvalue weighted by atomic mass is 16.3. The average Bonchev–Trinajstić information content (AvgIpc) is 2.28. The predicted molar refractivity (Wildman–Crippen MR) is 79.9 cm³/mol. The van der Waals surface area contributed by atoms with E-state index in [1.54, 1.807) is 0 Å². The molecule has 0 aliphatic heterocycles. The monoisotopic (exact) mass is 258 g/mol. The molecule has 0 amide bonds. The van der Waals surface area contributed by atoms with E-state index < -0.39 is 0 Å². The third-order valence-corrected chi connectivity index (χ3v) is 4.00. The van der Waals surface area contributed by atoms with Crippen molar-refractivity contribution in [1.29, 1.82) is 0 Å². The van der Waals surface area contributed by atoms with E-state index in [0.29, 0.717) is 5.92 Å². The third-order valence-electron chi connectivity index (χ3n) is 4.00. The van der Waals surface area contributed by atoms with E-state index in [1.807, 2.05) is 0 Å². The number of rotatable bonds is 9. The first-order valence-electron chi connectivity index (χ1n) is 7.19. The summed E-state index contributed by atoms with van der Waals surface area (Å²) in [5.74, 6) is 0.692. The minimum atomic E-state index is -0.144. The molecule has 1 atom stereocenters. The van der Waals surface area contributed by atoms with Gasteiger partial charge < -0.3 is 10.4 Å². The van der Waals surface area contributed by atoms with Gasteiger partial charge in [0.05, 0.1) is 6.61 Å². The lowest BCUT2D eigenvalue weighted by Gasteiger charge is -2.41. The second-order valence-electron chi connectivity index (χ2n) is 7.02. The molecule has 0 saturated heterocycles. The summed E-state index contributed by atoms with van der Waals surface area (Å²) in [6.45, 7) is 16.5. The molecule has 1 unspecified atom stereocenters. The smallest absolute Gasteiger partial charge is 0.0609 e.